The normalized spacial score (nSPS) is 18.5. The summed E-state index contributed by atoms with van der Waals surface area (Å²) in [7, 11) is 2.05. The van der Waals surface area contributed by atoms with E-state index >= 15 is 0 Å². The van der Waals surface area contributed by atoms with Gasteiger partial charge < -0.3 is 10.2 Å². The SMILES string of the molecule is CNC(CCN1CCCC1)c1ccc(Br)cc1. The van der Waals surface area contributed by atoms with E-state index in [1.54, 1.807) is 0 Å². The standard InChI is InChI=1S/C14H21BrN2/c1-16-14(8-11-17-9-2-3-10-17)12-4-6-13(15)7-5-12/h4-7,14,16H,2-3,8-11H2,1H3. The Morgan fingerprint density at radius 2 is 1.88 bits per heavy atom. The van der Waals surface area contributed by atoms with Crippen molar-refractivity contribution < 1.29 is 0 Å². The van der Waals surface area contributed by atoms with Crippen LogP contribution in [0, 0.1) is 0 Å². The number of benzene rings is 1. The van der Waals surface area contributed by atoms with Crippen molar-refractivity contribution in [3.05, 3.63) is 34.3 Å². The molecule has 2 nitrogen and oxygen atoms in total. The largest absolute Gasteiger partial charge is 0.313 e. The highest BCUT2D eigenvalue weighted by Crippen LogP contribution is 2.20. The van der Waals surface area contributed by atoms with Gasteiger partial charge in [-0.2, -0.15) is 0 Å². The summed E-state index contributed by atoms with van der Waals surface area (Å²) in [6.45, 7) is 3.79. The molecule has 1 unspecified atom stereocenters. The van der Waals surface area contributed by atoms with E-state index in [-0.39, 0.29) is 0 Å². The second-order valence-corrected chi connectivity index (χ2v) is 5.65. The number of nitrogens with one attached hydrogen (secondary N) is 1. The molecule has 0 radical (unpaired) electrons. The zero-order chi connectivity index (χ0) is 12.1. The van der Waals surface area contributed by atoms with E-state index in [0.29, 0.717) is 6.04 Å². The smallest absolute Gasteiger partial charge is 0.0329 e. The molecule has 0 spiro atoms. The minimum absolute atomic E-state index is 0.476. The van der Waals surface area contributed by atoms with E-state index in [1.807, 2.05) is 0 Å². The van der Waals surface area contributed by atoms with Crippen LogP contribution in [0.2, 0.25) is 0 Å². The van der Waals surface area contributed by atoms with Crippen LogP contribution in [-0.4, -0.2) is 31.6 Å². The third-order valence-corrected chi connectivity index (χ3v) is 4.08. The van der Waals surface area contributed by atoms with E-state index in [1.165, 1.54) is 44.5 Å². The van der Waals surface area contributed by atoms with E-state index in [9.17, 15) is 0 Å². The summed E-state index contributed by atoms with van der Waals surface area (Å²) >= 11 is 3.48. The predicted octanol–water partition coefficient (Wildman–Crippen LogP) is 3.20. The first-order chi connectivity index (χ1) is 8.29. The fourth-order valence-corrected chi connectivity index (χ4v) is 2.75. The van der Waals surface area contributed by atoms with Gasteiger partial charge in [0.1, 0.15) is 0 Å². The molecule has 1 heterocycles. The lowest BCUT2D eigenvalue weighted by atomic mass is 10.0. The van der Waals surface area contributed by atoms with Crippen LogP contribution >= 0.6 is 15.9 Å². The fourth-order valence-electron chi connectivity index (χ4n) is 2.49. The van der Waals surface area contributed by atoms with Gasteiger partial charge in [0.25, 0.3) is 0 Å². The summed E-state index contributed by atoms with van der Waals surface area (Å²) < 4.78 is 1.15. The molecule has 1 fully saturated rings. The minimum atomic E-state index is 0.476. The second kappa shape index (κ2) is 6.53. The maximum atomic E-state index is 3.48. The van der Waals surface area contributed by atoms with Crippen LogP contribution < -0.4 is 5.32 Å². The first-order valence-electron chi connectivity index (χ1n) is 6.44. The van der Waals surface area contributed by atoms with Gasteiger partial charge in [0.05, 0.1) is 0 Å². The maximum absolute atomic E-state index is 3.48. The molecule has 1 saturated heterocycles. The average molecular weight is 297 g/mol. The van der Waals surface area contributed by atoms with Gasteiger partial charge in [-0.1, -0.05) is 28.1 Å². The van der Waals surface area contributed by atoms with E-state index in [4.69, 9.17) is 0 Å². The molecule has 1 N–H and O–H groups in total. The number of halogens is 1. The van der Waals surface area contributed by atoms with Crippen LogP contribution in [0.1, 0.15) is 30.9 Å². The molecular formula is C14H21BrN2. The van der Waals surface area contributed by atoms with Crippen molar-refractivity contribution in [2.24, 2.45) is 0 Å². The molecule has 1 aromatic carbocycles. The zero-order valence-electron chi connectivity index (χ0n) is 10.5. The third kappa shape index (κ3) is 3.80. The number of rotatable bonds is 5. The number of likely N-dealkylation sites (tertiary alicyclic amines) is 1. The second-order valence-electron chi connectivity index (χ2n) is 4.73. The summed E-state index contributed by atoms with van der Waals surface area (Å²) in [5, 5.41) is 3.42. The molecule has 0 amide bonds. The zero-order valence-corrected chi connectivity index (χ0v) is 12.0. The first kappa shape index (κ1) is 13.1. The van der Waals surface area contributed by atoms with Gasteiger partial charge in [0.2, 0.25) is 0 Å². The Bertz CT molecular complexity index is 331. The van der Waals surface area contributed by atoms with Crippen LogP contribution in [-0.2, 0) is 0 Å². The van der Waals surface area contributed by atoms with Crippen molar-refractivity contribution in [1.29, 1.82) is 0 Å². The van der Waals surface area contributed by atoms with Crippen molar-refractivity contribution in [2.45, 2.75) is 25.3 Å². The van der Waals surface area contributed by atoms with Crippen molar-refractivity contribution in [3.63, 3.8) is 0 Å². The molecule has 1 aromatic rings. The van der Waals surface area contributed by atoms with E-state index in [0.717, 1.165) is 4.47 Å². The number of hydrogen-bond donors (Lipinski definition) is 1. The highest BCUT2D eigenvalue weighted by Gasteiger charge is 2.14. The monoisotopic (exact) mass is 296 g/mol. The van der Waals surface area contributed by atoms with E-state index in [2.05, 4.69) is 57.5 Å². The third-order valence-electron chi connectivity index (χ3n) is 3.55. The minimum Gasteiger partial charge on any atom is -0.313 e. The van der Waals surface area contributed by atoms with Crippen molar-refractivity contribution in [2.75, 3.05) is 26.7 Å². The fraction of sp³-hybridized carbons (Fsp3) is 0.571. The van der Waals surface area contributed by atoms with Gasteiger partial charge in [0, 0.05) is 10.5 Å². The molecule has 3 heteroatoms. The Morgan fingerprint density at radius 1 is 1.24 bits per heavy atom. The van der Waals surface area contributed by atoms with Gasteiger partial charge in [-0.3, -0.25) is 0 Å². The van der Waals surface area contributed by atoms with Crippen LogP contribution in [0.15, 0.2) is 28.7 Å². The Labute approximate surface area is 113 Å². The lowest BCUT2D eigenvalue weighted by Crippen LogP contribution is -2.26. The van der Waals surface area contributed by atoms with Gasteiger partial charge in [-0.25, -0.2) is 0 Å². The highest BCUT2D eigenvalue weighted by atomic mass is 79.9. The summed E-state index contributed by atoms with van der Waals surface area (Å²) in [5.41, 5.74) is 1.38. The predicted molar refractivity (Wildman–Crippen MR) is 76.2 cm³/mol. The Hall–Kier alpha value is -0.380. The molecule has 2 rings (SSSR count). The highest BCUT2D eigenvalue weighted by molar-refractivity contribution is 9.10. The summed E-state index contributed by atoms with van der Waals surface area (Å²) in [6.07, 6.45) is 3.95. The Kier molecular flexibility index (Phi) is 5.01. The van der Waals surface area contributed by atoms with Crippen molar-refractivity contribution >= 4 is 15.9 Å². The summed E-state index contributed by atoms with van der Waals surface area (Å²) in [5.74, 6) is 0. The Balaban J connectivity index is 1.89. The Morgan fingerprint density at radius 3 is 2.47 bits per heavy atom. The van der Waals surface area contributed by atoms with Crippen LogP contribution in [0.3, 0.4) is 0 Å². The van der Waals surface area contributed by atoms with Crippen molar-refractivity contribution in [1.82, 2.24) is 10.2 Å². The first-order valence-corrected chi connectivity index (χ1v) is 7.24. The molecular weight excluding hydrogens is 276 g/mol. The van der Waals surface area contributed by atoms with Crippen molar-refractivity contribution in [3.8, 4) is 0 Å². The molecule has 0 aliphatic carbocycles. The maximum Gasteiger partial charge on any atom is 0.0329 e. The molecule has 1 aliphatic rings. The van der Waals surface area contributed by atoms with Gasteiger partial charge in [-0.15, -0.1) is 0 Å². The van der Waals surface area contributed by atoms with Gasteiger partial charge in [0.15, 0.2) is 0 Å². The van der Waals surface area contributed by atoms with Crippen LogP contribution in [0.5, 0.6) is 0 Å². The number of nitrogens with zero attached hydrogens (tertiary/aromatic N) is 1. The van der Waals surface area contributed by atoms with E-state index < -0.39 is 0 Å². The molecule has 0 saturated carbocycles. The van der Waals surface area contributed by atoms with Crippen LogP contribution in [0.25, 0.3) is 0 Å². The average Bonchev–Trinajstić information content (AvgIpc) is 2.85. The number of hydrogen-bond acceptors (Lipinski definition) is 2. The van der Waals surface area contributed by atoms with Crippen LogP contribution in [0.4, 0.5) is 0 Å². The molecule has 0 bridgehead atoms. The summed E-state index contributed by atoms with van der Waals surface area (Å²) in [4.78, 5) is 2.57. The molecule has 0 aromatic heterocycles. The molecule has 94 valence electrons. The molecule has 17 heavy (non-hydrogen) atoms. The molecule has 1 atom stereocenters. The summed E-state index contributed by atoms with van der Waals surface area (Å²) in [6, 6.07) is 9.12. The lowest BCUT2D eigenvalue weighted by molar-refractivity contribution is 0.314. The lowest BCUT2D eigenvalue weighted by Gasteiger charge is -2.21. The van der Waals surface area contributed by atoms with Gasteiger partial charge >= 0.3 is 0 Å². The molecule has 1 aliphatic heterocycles. The quantitative estimate of drug-likeness (QED) is 0.898. The topological polar surface area (TPSA) is 15.3 Å². The van der Waals surface area contributed by atoms with Gasteiger partial charge in [-0.05, 0) is 63.6 Å².